The van der Waals surface area contributed by atoms with Gasteiger partial charge in [-0.25, -0.2) is 13.6 Å². The Morgan fingerprint density at radius 3 is 2.42 bits per heavy atom. The van der Waals surface area contributed by atoms with Crippen LogP contribution in [0, 0.1) is 0 Å². The van der Waals surface area contributed by atoms with E-state index < -0.39 is 12.4 Å². The lowest BCUT2D eigenvalue weighted by atomic mass is 9.92. The number of carbonyl (C=O) groups excluding carboxylic acids is 1. The van der Waals surface area contributed by atoms with Gasteiger partial charge in [0.25, 0.3) is 6.43 Å². The van der Waals surface area contributed by atoms with Crippen LogP contribution in [0.2, 0.25) is 0 Å². The molecule has 1 amide bonds. The van der Waals surface area contributed by atoms with E-state index in [1.807, 2.05) is 23.1 Å². The van der Waals surface area contributed by atoms with Crippen molar-refractivity contribution < 1.29 is 23.5 Å². The molecule has 0 unspecified atom stereocenters. The number of anilines is 3. The predicted molar refractivity (Wildman–Crippen MR) is 194 cm³/mol. The number of halogens is 2. The molecule has 11 nitrogen and oxygen atoms in total. The highest BCUT2D eigenvalue weighted by Crippen LogP contribution is 2.44. The van der Waals surface area contributed by atoms with E-state index in [9.17, 15) is 23.5 Å². The largest absolute Gasteiger partial charge is 0.478 e. The van der Waals surface area contributed by atoms with Crippen LogP contribution in [-0.4, -0.2) is 91.7 Å². The Morgan fingerprint density at radius 2 is 1.73 bits per heavy atom. The summed E-state index contributed by atoms with van der Waals surface area (Å²) in [5, 5.41) is 18.9. The molecule has 0 spiro atoms. The van der Waals surface area contributed by atoms with Gasteiger partial charge < -0.3 is 19.8 Å². The maximum absolute atomic E-state index is 14.7. The maximum atomic E-state index is 14.7. The van der Waals surface area contributed by atoms with E-state index in [2.05, 4.69) is 24.5 Å². The Balaban J connectivity index is 1.05. The first-order chi connectivity index (χ1) is 25.1. The molecule has 2 fully saturated rings. The topological polar surface area (TPSA) is 103 Å². The minimum Gasteiger partial charge on any atom is -0.478 e. The van der Waals surface area contributed by atoms with Gasteiger partial charge in [-0.15, -0.1) is 0 Å². The van der Waals surface area contributed by atoms with Crippen molar-refractivity contribution in [3.05, 3.63) is 76.7 Å². The Morgan fingerprint density at radius 1 is 0.942 bits per heavy atom. The number of aromatic carboxylic acids is 1. The fourth-order valence-corrected chi connectivity index (χ4v) is 8.87. The number of carbonyl (C=O) groups is 2. The van der Waals surface area contributed by atoms with E-state index in [-0.39, 0.29) is 17.5 Å². The lowest BCUT2D eigenvalue weighted by Crippen LogP contribution is -2.50. The highest BCUT2D eigenvalue weighted by molar-refractivity contribution is 5.88. The number of fused-ring (bicyclic) bond motifs is 2. The van der Waals surface area contributed by atoms with Crippen molar-refractivity contribution in [3.63, 3.8) is 0 Å². The van der Waals surface area contributed by atoms with Gasteiger partial charge in [-0.05, 0) is 86.1 Å². The summed E-state index contributed by atoms with van der Waals surface area (Å²) in [5.41, 5.74) is 6.53. The molecular formula is C39H46F2N8O3. The third-order valence-electron chi connectivity index (χ3n) is 11.6. The van der Waals surface area contributed by atoms with Crippen molar-refractivity contribution in [2.45, 2.75) is 76.9 Å². The summed E-state index contributed by atoms with van der Waals surface area (Å²) in [6.07, 6.45) is 7.26. The van der Waals surface area contributed by atoms with Crippen LogP contribution in [0.4, 0.5) is 26.0 Å². The Kier molecular flexibility index (Phi) is 9.23. The molecule has 1 N–H and O–H groups in total. The Hall–Kier alpha value is -4.78. The van der Waals surface area contributed by atoms with Crippen LogP contribution in [-0.2, 0) is 31.2 Å². The summed E-state index contributed by atoms with van der Waals surface area (Å²) < 4.78 is 33.2. The number of benzene rings is 2. The fourth-order valence-electron chi connectivity index (χ4n) is 8.87. The van der Waals surface area contributed by atoms with Crippen molar-refractivity contribution >= 4 is 29.1 Å². The van der Waals surface area contributed by atoms with Gasteiger partial charge in [0.2, 0.25) is 5.91 Å². The Bertz CT molecular complexity index is 1970. The third kappa shape index (κ3) is 6.44. The van der Waals surface area contributed by atoms with E-state index in [1.165, 1.54) is 0 Å². The number of nitrogens with zero attached hydrogens (tertiary/aromatic N) is 8. The van der Waals surface area contributed by atoms with Gasteiger partial charge in [0, 0.05) is 106 Å². The van der Waals surface area contributed by atoms with Gasteiger partial charge in [-0.3, -0.25) is 19.1 Å². The average Bonchev–Trinajstić information content (AvgIpc) is 3.77. The average molecular weight is 713 g/mol. The molecule has 274 valence electrons. The standard InChI is InChI=1S/C39H46F2N8O3/c1-25(50)46-18-13-35-34(24-46)38(48-15-3-5-27-19-32(28-21-42-44(2)22-28)33(37(40)41)20-36(27)48)43-49(35)30-11-16-45(17-12-30)31-6-4-14-47(23-31)29-9-7-26(8-10-29)39(51)52/h7-10,19-22,30-31,37H,3-6,11-18,23-24H2,1-2H3,(H,51,52)/t31-/m1/s1. The molecule has 2 aromatic heterocycles. The molecule has 6 heterocycles. The smallest absolute Gasteiger partial charge is 0.335 e. The van der Waals surface area contributed by atoms with Crippen LogP contribution in [0.5, 0.6) is 0 Å². The number of carboxylic acids is 1. The van der Waals surface area contributed by atoms with Crippen LogP contribution >= 0.6 is 0 Å². The Labute approximate surface area is 302 Å². The number of aromatic nitrogens is 4. The van der Waals surface area contributed by atoms with Gasteiger partial charge in [0.1, 0.15) is 0 Å². The molecular weight excluding hydrogens is 666 g/mol. The molecule has 1 atom stereocenters. The molecule has 2 aromatic carbocycles. The summed E-state index contributed by atoms with van der Waals surface area (Å²) in [6, 6.07) is 11.4. The van der Waals surface area contributed by atoms with Crippen molar-refractivity contribution in [2.24, 2.45) is 7.05 Å². The number of hydrogen-bond donors (Lipinski definition) is 1. The fraction of sp³-hybridized carbons (Fsp3) is 0.487. The number of aryl methyl sites for hydroxylation is 2. The molecule has 0 radical (unpaired) electrons. The number of carboxylic acid groups (broad SMARTS) is 1. The van der Waals surface area contributed by atoms with Crippen molar-refractivity contribution in [1.82, 2.24) is 29.4 Å². The third-order valence-corrected chi connectivity index (χ3v) is 11.6. The van der Waals surface area contributed by atoms with Gasteiger partial charge in [0.15, 0.2) is 5.82 Å². The summed E-state index contributed by atoms with van der Waals surface area (Å²) >= 11 is 0. The number of amides is 1. The minimum absolute atomic E-state index is 0.0109. The molecule has 8 rings (SSSR count). The summed E-state index contributed by atoms with van der Waals surface area (Å²) in [5.74, 6) is -0.0997. The number of rotatable bonds is 7. The summed E-state index contributed by atoms with van der Waals surface area (Å²) in [4.78, 5) is 32.9. The lowest BCUT2D eigenvalue weighted by Gasteiger charge is -2.43. The molecule has 0 aliphatic carbocycles. The number of alkyl halides is 2. The SMILES string of the molecule is CC(=O)N1CCc2c(c(N3CCCc4cc(-c5cnn(C)c5)c(C(F)F)cc43)nn2C2CCN([C@@H]3CCCN(c4ccc(C(=O)O)cc4)C3)CC2)C1. The first kappa shape index (κ1) is 34.3. The summed E-state index contributed by atoms with van der Waals surface area (Å²) in [6.45, 7) is 7.15. The zero-order valence-electron chi connectivity index (χ0n) is 29.8. The monoisotopic (exact) mass is 712 g/mol. The molecule has 0 saturated carbocycles. The van der Waals surface area contributed by atoms with Gasteiger partial charge in [0.05, 0.1) is 24.3 Å². The van der Waals surface area contributed by atoms with E-state index in [0.29, 0.717) is 48.8 Å². The number of likely N-dealkylation sites (tertiary alicyclic amines) is 1. The minimum atomic E-state index is -2.65. The van der Waals surface area contributed by atoms with E-state index in [4.69, 9.17) is 5.10 Å². The van der Waals surface area contributed by atoms with Crippen LogP contribution < -0.4 is 9.80 Å². The molecule has 4 aliphatic rings. The van der Waals surface area contributed by atoms with E-state index in [0.717, 1.165) is 98.7 Å². The molecule has 4 aliphatic heterocycles. The molecule has 0 bridgehead atoms. The van der Waals surface area contributed by atoms with Crippen molar-refractivity contribution in [2.75, 3.05) is 49.1 Å². The lowest BCUT2D eigenvalue weighted by molar-refractivity contribution is -0.129. The van der Waals surface area contributed by atoms with E-state index in [1.54, 1.807) is 49.2 Å². The van der Waals surface area contributed by atoms with Crippen LogP contribution in [0.25, 0.3) is 11.1 Å². The quantitative estimate of drug-likeness (QED) is 0.241. The van der Waals surface area contributed by atoms with Crippen LogP contribution in [0.3, 0.4) is 0 Å². The normalized spacial score (nSPS) is 19.9. The van der Waals surface area contributed by atoms with Crippen molar-refractivity contribution in [3.8, 4) is 11.1 Å². The number of piperidine rings is 2. The molecule has 52 heavy (non-hydrogen) atoms. The predicted octanol–water partition coefficient (Wildman–Crippen LogP) is 6.21. The second kappa shape index (κ2) is 14.0. The highest BCUT2D eigenvalue weighted by atomic mass is 19.3. The van der Waals surface area contributed by atoms with Gasteiger partial charge in [-0.1, -0.05) is 0 Å². The molecule has 2 saturated heterocycles. The summed E-state index contributed by atoms with van der Waals surface area (Å²) in [7, 11) is 1.79. The maximum Gasteiger partial charge on any atom is 0.335 e. The second-order valence-corrected chi connectivity index (χ2v) is 14.8. The molecule has 4 aromatic rings. The molecule has 13 heteroatoms. The second-order valence-electron chi connectivity index (χ2n) is 14.8. The van der Waals surface area contributed by atoms with Crippen LogP contribution in [0.15, 0.2) is 48.8 Å². The van der Waals surface area contributed by atoms with E-state index >= 15 is 0 Å². The first-order valence-corrected chi connectivity index (χ1v) is 18.5. The van der Waals surface area contributed by atoms with Gasteiger partial charge >= 0.3 is 5.97 Å². The van der Waals surface area contributed by atoms with Crippen LogP contribution in [0.1, 0.15) is 84.2 Å². The van der Waals surface area contributed by atoms with Crippen molar-refractivity contribution in [1.29, 1.82) is 0 Å². The highest BCUT2D eigenvalue weighted by Gasteiger charge is 2.36. The van der Waals surface area contributed by atoms with Gasteiger partial charge in [-0.2, -0.15) is 10.2 Å². The zero-order chi connectivity index (χ0) is 36.1. The first-order valence-electron chi connectivity index (χ1n) is 18.5. The number of hydrogen-bond acceptors (Lipinski definition) is 7. The zero-order valence-corrected chi connectivity index (χ0v) is 29.8.